The van der Waals surface area contributed by atoms with Crippen molar-refractivity contribution >= 4 is 6.02 Å². The number of aliphatic imine (C=N–C) groups is 1. The zero-order valence-corrected chi connectivity index (χ0v) is 13.0. The van der Waals surface area contributed by atoms with Gasteiger partial charge >= 0.3 is 0 Å². The Bertz CT molecular complexity index is 824. The van der Waals surface area contributed by atoms with Gasteiger partial charge in [0.1, 0.15) is 5.82 Å². The molecular weight excluding hydrogens is 312 g/mol. The van der Waals surface area contributed by atoms with Crippen molar-refractivity contribution < 1.29 is 13.5 Å². The summed E-state index contributed by atoms with van der Waals surface area (Å²) in [5.41, 5.74) is 6.43. The number of amidine groups is 1. The van der Waals surface area contributed by atoms with Crippen LogP contribution in [0.4, 0.5) is 8.78 Å². The van der Waals surface area contributed by atoms with Crippen LogP contribution in [-0.4, -0.2) is 17.6 Å². The lowest BCUT2D eigenvalue weighted by atomic mass is 9.79. The number of fused-ring (bicyclic) bond motifs is 1. The summed E-state index contributed by atoms with van der Waals surface area (Å²) in [5, 5.41) is 0. The topological polar surface area (TPSA) is 60.5 Å². The average Bonchev–Trinajstić information content (AvgIpc) is 3.00. The predicted octanol–water partition coefficient (Wildman–Crippen LogP) is 3.37. The number of aromatic nitrogens is 1. The van der Waals surface area contributed by atoms with E-state index in [1.807, 2.05) is 0 Å². The molecule has 0 amide bonds. The first kappa shape index (κ1) is 15.1. The molecule has 4 nitrogen and oxygen atoms in total. The summed E-state index contributed by atoms with van der Waals surface area (Å²) in [5.74, 6) is -0.854. The van der Waals surface area contributed by atoms with Crippen molar-refractivity contribution in [2.24, 2.45) is 16.6 Å². The molecule has 4 rings (SSSR count). The Morgan fingerprint density at radius 2 is 2.12 bits per heavy atom. The van der Waals surface area contributed by atoms with E-state index in [9.17, 15) is 8.78 Å². The van der Waals surface area contributed by atoms with Gasteiger partial charge in [0, 0.05) is 23.2 Å². The molecule has 124 valence electrons. The fourth-order valence-corrected chi connectivity index (χ4v) is 3.88. The van der Waals surface area contributed by atoms with Gasteiger partial charge in [-0.1, -0.05) is 12.5 Å². The highest BCUT2D eigenvalue weighted by molar-refractivity contribution is 5.73. The molecule has 6 heteroatoms. The molecule has 2 unspecified atom stereocenters. The first-order valence-electron chi connectivity index (χ1n) is 7.99. The average molecular weight is 329 g/mol. The van der Waals surface area contributed by atoms with Gasteiger partial charge in [0.15, 0.2) is 0 Å². The summed E-state index contributed by atoms with van der Waals surface area (Å²) in [6, 6.07) is 7.97. The number of benzene rings is 1. The monoisotopic (exact) mass is 329 g/mol. The van der Waals surface area contributed by atoms with Crippen LogP contribution in [0.3, 0.4) is 0 Å². The molecule has 0 bridgehead atoms. The Balaban J connectivity index is 1.88. The lowest BCUT2D eigenvalue weighted by Gasteiger charge is -2.36. The van der Waals surface area contributed by atoms with E-state index in [4.69, 9.17) is 10.5 Å². The summed E-state index contributed by atoms with van der Waals surface area (Å²) < 4.78 is 34.0. The lowest BCUT2D eigenvalue weighted by molar-refractivity contribution is 0.146. The second-order valence-electron chi connectivity index (χ2n) is 6.31. The zero-order valence-electron chi connectivity index (χ0n) is 13.0. The van der Waals surface area contributed by atoms with E-state index in [1.54, 1.807) is 24.3 Å². The van der Waals surface area contributed by atoms with Crippen molar-refractivity contribution in [2.75, 3.05) is 6.61 Å². The minimum absolute atomic E-state index is 0.0771. The number of nitrogens with two attached hydrogens (primary N) is 1. The van der Waals surface area contributed by atoms with Crippen LogP contribution in [0.2, 0.25) is 0 Å². The van der Waals surface area contributed by atoms with Crippen LogP contribution in [0, 0.1) is 17.7 Å². The molecule has 1 aromatic heterocycles. The summed E-state index contributed by atoms with van der Waals surface area (Å²) in [4.78, 5) is 8.16. The van der Waals surface area contributed by atoms with Crippen molar-refractivity contribution in [2.45, 2.75) is 24.8 Å². The van der Waals surface area contributed by atoms with Crippen molar-refractivity contribution in [3.8, 4) is 11.1 Å². The fraction of sp³-hybridized carbons (Fsp3) is 0.333. The quantitative estimate of drug-likeness (QED) is 0.859. The molecule has 0 spiro atoms. The van der Waals surface area contributed by atoms with Crippen LogP contribution in [0.5, 0.6) is 0 Å². The lowest BCUT2D eigenvalue weighted by Crippen LogP contribution is -2.41. The van der Waals surface area contributed by atoms with Crippen LogP contribution in [0.25, 0.3) is 11.1 Å². The van der Waals surface area contributed by atoms with E-state index in [0.717, 1.165) is 12.8 Å². The summed E-state index contributed by atoms with van der Waals surface area (Å²) in [6.07, 6.45) is 3.92. The van der Waals surface area contributed by atoms with Gasteiger partial charge in [-0.25, -0.2) is 14.4 Å². The zero-order chi connectivity index (χ0) is 16.7. The Hall–Kier alpha value is -2.50. The normalized spacial score (nSPS) is 25.8. The third kappa shape index (κ3) is 2.25. The van der Waals surface area contributed by atoms with E-state index in [1.165, 1.54) is 12.3 Å². The molecule has 1 aliphatic carbocycles. The fourth-order valence-electron chi connectivity index (χ4n) is 3.88. The molecule has 0 radical (unpaired) electrons. The van der Waals surface area contributed by atoms with E-state index >= 15 is 0 Å². The standard InChI is InChI=1S/C18H17F2N3O/c19-15-6-5-11(13-4-2-8-22-16(13)20)9-14(15)18-7-1-3-12(18)10-24-17(21)23-18/h2,4-6,8-9,12H,1,3,7,10H2,(H2,21,23). The van der Waals surface area contributed by atoms with E-state index in [2.05, 4.69) is 9.98 Å². The van der Waals surface area contributed by atoms with Crippen molar-refractivity contribution in [3.63, 3.8) is 0 Å². The van der Waals surface area contributed by atoms with Gasteiger partial charge in [-0.15, -0.1) is 0 Å². The van der Waals surface area contributed by atoms with E-state index in [-0.39, 0.29) is 17.8 Å². The molecule has 2 atom stereocenters. The number of ether oxygens (including phenoxy) is 1. The Labute approximate surface area is 138 Å². The Morgan fingerprint density at radius 1 is 1.25 bits per heavy atom. The molecular formula is C18H17F2N3O. The molecule has 24 heavy (non-hydrogen) atoms. The largest absolute Gasteiger partial charge is 0.465 e. The van der Waals surface area contributed by atoms with Crippen LogP contribution in [-0.2, 0) is 10.3 Å². The summed E-state index contributed by atoms with van der Waals surface area (Å²) in [6.45, 7) is 0.431. The molecule has 1 fully saturated rings. The van der Waals surface area contributed by atoms with E-state index < -0.39 is 11.5 Å². The van der Waals surface area contributed by atoms with Crippen molar-refractivity contribution in [3.05, 3.63) is 53.9 Å². The summed E-state index contributed by atoms with van der Waals surface area (Å²) >= 11 is 0. The first-order valence-corrected chi connectivity index (χ1v) is 7.99. The third-order valence-corrected chi connectivity index (χ3v) is 5.03. The van der Waals surface area contributed by atoms with Gasteiger partial charge < -0.3 is 10.5 Å². The molecule has 1 saturated carbocycles. The highest BCUT2D eigenvalue weighted by atomic mass is 19.1. The smallest absolute Gasteiger partial charge is 0.282 e. The van der Waals surface area contributed by atoms with Crippen LogP contribution >= 0.6 is 0 Å². The first-order chi connectivity index (χ1) is 11.6. The predicted molar refractivity (Wildman–Crippen MR) is 86.2 cm³/mol. The van der Waals surface area contributed by atoms with Gasteiger partial charge in [-0.3, -0.25) is 0 Å². The number of hydrogen-bond acceptors (Lipinski definition) is 4. The maximum absolute atomic E-state index is 14.7. The van der Waals surface area contributed by atoms with Crippen LogP contribution in [0.15, 0.2) is 41.5 Å². The molecule has 2 heterocycles. The molecule has 1 aliphatic heterocycles. The Morgan fingerprint density at radius 3 is 2.96 bits per heavy atom. The Kier molecular flexibility index (Phi) is 3.48. The number of pyridine rings is 1. The highest BCUT2D eigenvalue weighted by Crippen LogP contribution is 2.50. The molecule has 2 N–H and O–H groups in total. The number of nitrogens with zero attached hydrogens (tertiary/aromatic N) is 2. The molecule has 2 aromatic rings. The third-order valence-electron chi connectivity index (χ3n) is 5.03. The second-order valence-corrected chi connectivity index (χ2v) is 6.31. The van der Waals surface area contributed by atoms with Gasteiger partial charge in [-0.05, 0) is 42.7 Å². The number of hydrogen-bond donors (Lipinski definition) is 1. The van der Waals surface area contributed by atoms with E-state index in [0.29, 0.717) is 29.7 Å². The molecule has 1 aromatic carbocycles. The summed E-state index contributed by atoms with van der Waals surface area (Å²) in [7, 11) is 0. The molecule has 0 saturated heterocycles. The highest BCUT2D eigenvalue weighted by Gasteiger charge is 2.48. The second kappa shape index (κ2) is 5.54. The maximum Gasteiger partial charge on any atom is 0.282 e. The van der Waals surface area contributed by atoms with Crippen molar-refractivity contribution in [1.82, 2.24) is 4.98 Å². The number of halogens is 2. The van der Waals surface area contributed by atoms with Gasteiger partial charge in [0.05, 0.1) is 12.1 Å². The van der Waals surface area contributed by atoms with Gasteiger partial charge in [-0.2, -0.15) is 4.39 Å². The number of rotatable bonds is 2. The van der Waals surface area contributed by atoms with Crippen LogP contribution in [0.1, 0.15) is 24.8 Å². The SMILES string of the molecule is NC1=NC2(c3cc(-c4cccnc4F)ccc3F)CCCC2CO1. The minimum atomic E-state index is -0.721. The minimum Gasteiger partial charge on any atom is -0.465 e. The van der Waals surface area contributed by atoms with Crippen molar-refractivity contribution in [1.29, 1.82) is 0 Å². The van der Waals surface area contributed by atoms with Crippen LogP contribution < -0.4 is 5.73 Å². The van der Waals surface area contributed by atoms with Gasteiger partial charge in [0.25, 0.3) is 6.02 Å². The maximum atomic E-state index is 14.7. The van der Waals surface area contributed by atoms with Gasteiger partial charge in [0.2, 0.25) is 5.95 Å². The molecule has 2 aliphatic rings.